The summed E-state index contributed by atoms with van der Waals surface area (Å²) in [5.41, 5.74) is 11.8. The van der Waals surface area contributed by atoms with Crippen LogP contribution in [0.4, 0.5) is 0 Å². The molecule has 47 heavy (non-hydrogen) atoms. The molecule has 0 bridgehead atoms. The molecule has 1 heterocycles. The maximum absolute atomic E-state index is 6.69. The molecule has 6 aliphatic rings. The number of allylic oxidation sites excluding steroid dienone is 9. The van der Waals surface area contributed by atoms with Crippen LogP contribution in [0.5, 0.6) is 0 Å². The summed E-state index contributed by atoms with van der Waals surface area (Å²) in [5, 5.41) is 1.36. The second-order valence-corrected chi connectivity index (χ2v) is 15.1. The van der Waals surface area contributed by atoms with E-state index < -0.39 is 0 Å². The van der Waals surface area contributed by atoms with Crippen molar-refractivity contribution in [3.05, 3.63) is 154 Å². The van der Waals surface area contributed by atoms with Crippen LogP contribution in [-0.2, 0) is 6.42 Å². The first-order valence-corrected chi connectivity index (χ1v) is 18.4. The smallest absolute Gasteiger partial charge is 0.134 e. The summed E-state index contributed by atoms with van der Waals surface area (Å²) >= 11 is 0. The minimum Gasteiger partial charge on any atom is -0.460 e. The van der Waals surface area contributed by atoms with Gasteiger partial charge in [0.1, 0.15) is 11.3 Å². The highest BCUT2D eigenvalue weighted by molar-refractivity contribution is 5.83. The largest absolute Gasteiger partial charge is 0.460 e. The fourth-order valence-corrected chi connectivity index (χ4v) is 11.1. The summed E-state index contributed by atoms with van der Waals surface area (Å²) < 4.78 is 6.69. The van der Waals surface area contributed by atoms with Gasteiger partial charge in [-0.05, 0) is 109 Å². The number of hydrogen-bond acceptors (Lipinski definition) is 1. The van der Waals surface area contributed by atoms with E-state index in [1.165, 1.54) is 71.1 Å². The van der Waals surface area contributed by atoms with Crippen molar-refractivity contribution in [1.29, 1.82) is 0 Å². The van der Waals surface area contributed by atoms with Crippen molar-refractivity contribution in [2.75, 3.05) is 0 Å². The predicted octanol–water partition coefficient (Wildman–Crippen LogP) is 11.8. The van der Waals surface area contributed by atoms with Crippen molar-refractivity contribution in [2.45, 2.75) is 63.2 Å². The molecule has 234 valence electrons. The van der Waals surface area contributed by atoms with E-state index in [0.717, 1.165) is 24.8 Å². The molecule has 1 nitrogen and oxygen atoms in total. The highest BCUT2D eigenvalue weighted by Crippen LogP contribution is 2.60. The Bertz CT molecular complexity index is 2010. The van der Waals surface area contributed by atoms with Gasteiger partial charge >= 0.3 is 0 Å². The zero-order valence-electron chi connectivity index (χ0n) is 27.2. The van der Waals surface area contributed by atoms with Crippen molar-refractivity contribution >= 4 is 22.6 Å². The van der Waals surface area contributed by atoms with Crippen LogP contribution in [0, 0.1) is 35.5 Å². The van der Waals surface area contributed by atoms with Gasteiger partial charge in [-0.25, -0.2) is 0 Å². The Labute approximate surface area is 279 Å². The SMILES string of the molecule is C1=CC2C(=C(c3cccc(C4CC=Cc5ccccc54)c3)C3C=CCCC3C2C2Cc3c(oc4ccccc34)C3CCC=CC32)CC1. The van der Waals surface area contributed by atoms with E-state index in [2.05, 4.69) is 121 Å². The Morgan fingerprint density at radius 2 is 1.55 bits per heavy atom. The Morgan fingerprint density at radius 1 is 0.702 bits per heavy atom. The Balaban J connectivity index is 1.10. The normalized spacial score (nSPS) is 32.0. The number of furan rings is 1. The topological polar surface area (TPSA) is 13.1 Å². The first kappa shape index (κ1) is 28.0. The Kier molecular flexibility index (Phi) is 6.70. The molecule has 0 spiro atoms. The van der Waals surface area contributed by atoms with E-state index in [1.807, 2.05) is 0 Å². The summed E-state index contributed by atoms with van der Waals surface area (Å²) in [7, 11) is 0. The van der Waals surface area contributed by atoms with E-state index in [-0.39, 0.29) is 0 Å². The van der Waals surface area contributed by atoms with Crippen LogP contribution in [0.2, 0.25) is 0 Å². The van der Waals surface area contributed by atoms with Gasteiger partial charge in [-0.1, -0.05) is 121 Å². The molecule has 0 fully saturated rings. The highest BCUT2D eigenvalue weighted by atomic mass is 16.3. The van der Waals surface area contributed by atoms with Crippen LogP contribution in [0.25, 0.3) is 22.6 Å². The summed E-state index contributed by atoms with van der Waals surface area (Å²) in [6, 6.07) is 27.6. The molecule has 8 atom stereocenters. The number of fused-ring (bicyclic) bond motifs is 8. The van der Waals surface area contributed by atoms with Crippen LogP contribution in [0.3, 0.4) is 0 Å². The van der Waals surface area contributed by atoms with Gasteiger partial charge in [-0.15, -0.1) is 0 Å². The average Bonchev–Trinajstić information content (AvgIpc) is 3.52. The van der Waals surface area contributed by atoms with Gasteiger partial charge in [0.05, 0.1) is 0 Å². The average molecular weight is 613 g/mol. The third-order valence-corrected chi connectivity index (χ3v) is 13.0. The maximum atomic E-state index is 6.69. The van der Waals surface area contributed by atoms with Crippen LogP contribution >= 0.6 is 0 Å². The van der Waals surface area contributed by atoms with Crippen molar-refractivity contribution < 1.29 is 4.42 Å². The quantitative estimate of drug-likeness (QED) is 0.210. The molecule has 1 aromatic heterocycles. The molecule has 10 rings (SSSR count). The number of hydrogen-bond donors (Lipinski definition) is 0. The summed E-state index contributed by atoms with van der Waals surface area (Å²) in [6.45, 7) is 0. The minimum atomic E-state index is 0.425. The molecule has 6 aliphatic carbocycles. The van der Waals surface area contributed by atoms with E-state index in [1.54, 1.807) is 11.1 Å². The van der Waals surface area contributed by atoms with Crippen LogP contribution < -0.4 is 0 Å². The summed E-state index contributed by atoms with van der Waals surface area (Å²) in [5.74, 6) is 5.75. The Hall–Kier alpha value is -4.10. The molecule has 0 saturated heterocycles. The highest BCUT2D eigenvalue weighted by Gasteiger charge is 2.51. The zero-order valence-corrected chi connectivity index (χ0v) is 27.2. The number of para-hydroxylation sites is 1. The van der Waals surface area contributed by atoms with Gasteiger partial charge in [-0.3, -0.25) is 0 Å². The Morgan fingerprint density at radius 3 is 2.55 bits per heavy atom. The molecule has 3 aromatic carbocycles. The van der Waals surface area contributed by atoms with Crippen molar-refractivity contribution in [3.63, 3.8) is 0 Å². The van der Waals surface area contributed by atoms with Crippen LogP contribution in [0.1, 0.15) is 90.4 Å². The van der Waals surface area contributed by atoms with E-state index in [4.69, 9.17) is 4.42 Å². The predicted molar refractivity (Wildman–Crippen MR) is 194 cm³/mol. The monoisotopic (exact) mass is 612 g/mol. The molecule has 8 unspecified atom stereocenters. The summed E-state index contributed by atoms with van der Waals surface area (Å²) in [6.07, 6.45) is 29.6. The van der Waals surface area contributed by atoms with Crippen molar-refractivity contribution in [2.24, 2.45) is 35.5 Å². The minimum absolute atomic E-state index is 0.425. The summed E-state index contributed by atoms with van der Waals surface area (Å²) in [4.78, 5) is 0. The van der Waals surface area contributed by atoms with Gasteiger partial charge in [0, 0.05) is 34.6 Å². The third-order valence-electron chi connectivity index (χ3n) is 13.0. The number of benzene rings is 3. The first-order chi connectivity index (χ1) is 23.3. The van der Waals surface area contributed by atoms with Crippen molar-refractivity contribution in [3.8, 4) is 0 Å². The molecule has 0 N–H and O–H groups in total. The van der Waals surface area contributed by atoms with Gasteiger partial charge in [0.25, 0.3) is 0 Å². The second-order valence-electron chi connectivity index (χ2n) is 15.1. The van der Waals surface area contributed by atoms with Gasteiger partial charge in [-0.2, -0.15) is 0 Å². The molecule has 1 heteroatoms. The first-order valence-electron chi connectivity index (χ1n) is 18.4. The fraction of sp³-hybridized carbons (Fsp3) is 0.348. The van der Waals surface area contributed by atoms with Gasteiger partial charge in [0.15, 0.2) is 0 Å². The van der Waals surface area contributed by atoms with E-state index in [9.17, 15) is 0 Å². The standard InChI is InChI=1S/C46H44O/c1-2-17-32-29(13-1)14-12-25-33(32)30-15-11-16-31(27-30)44-36-20-4-6-22-38(36)45(39-23-7-5-21-37(39)44)41-28-42-35-19-9-10-26-43(35)47-46(42)40-24-8-3-18-34(40)41/h1-4,7,9-20,23,26-27,33-34,36,38-41,45H,5-6,8,21-22,24-25,28H2. The number of rotatable bonds is 3. The molecule has 0 saturated carbocycles. The van der Waals surface area contributed by atoms with Crippen molar-refractivity contribution in [1.82, 2.24) is 0 Å². The van der Waals surface area contributed by atoms with Crippen LogP contribution in [0.15, 0.2) is 125 Å². The fourth-order valence-electron chi connectivity index (χ4n) is 11.1. The molecule has 0 radical (unpaired) electrons. The molecule has 0 aliphatic heterocycles. The molecular weight excluding hydrogens is 569 g/mol. The lowest BCUT2D eigenvalue weighted by molar-refractivity contribution is 0.0863. The lowest BCUT2D eigenvalue weighted by Gasteiger charge is -2.53. The van der Waals surface area contributed by atoms with Gasteiger partial charge < -0.3 is 4.42 Å². The molecule has 4 aromatic rings. The lowest BCUT2D eigenvalue weighted by atomic mass is 9.51. The maximum Gasteiger partial charge on any atom is 0.134 e. The van der Waals surface area contributed by atoms with Gasteiger partial charge in [0.2, 0.25) is 0 Å². The van der Waals surface area contributed by atoms with E-state index in [0.29, 0.717) is 47.3 Å². The zero-order chi connectivity index (χ0) is 30.9. The molecule has 0 amide bonds. The lowest BCUT2D eigenvalue weighted by Crippen LogP contribution is -2.46. The van der Waals surface area contributed by atoms with Crippen LogP contribution in [-0.4, -0.2) is 0 Å². The van der Waals surface area contributed by atoms with E-state index >= 15 is 0 Å². The second kappa shape index (κ2) is 11.3. The molecular formula is C46H44O. The third kappa shape index (κ3) is 4.42.